The van der Waals surface area contributed by atoms with Crippen LogP contribution in [-0.2, 0) is 16.0 Å². The number of esters is 1. The molecule has 1 N–H and O–H groups in total. The lowest BCUT2D eigenvalue weighted by atomic mass is 9.94. The highest BCUT2D eigenvalue weighted by Gasteiger charge is 2.34. The Morgan fingerprint density at radius 3 is 2.72 bits per heavy atom. The second-order valence-corrected chi connectivity index (χ2v) is 6.70. The van der Waals surface area contributed by atoms with Crippen LogP contribution >= 0.6 is 0 Å². The third-order valence-electron chi connectivity index (χ3n) is 4.82. The molecule has 2 aromatic rings. The molecule has 134 valence electrons. The molecule has 0 radical (unpaired) electrons. The van der Waals surface area contributed by atoms with Gasteiger partial charge in [0.05, 0.1) is 25.3 Å². The van der Waals surface area contributed by atoms with E-state index < -0.39 is 18.9 Å². The van der Waals surface area contributed by atoms with Gasteiger partial charge in [0.25, 0.3) is 6.43 Å². The van der Waals surface area contributed by atoms with Gasteiger partial charge in [0.15, 0.2) is 0 Å². The largest absolute Gasteiger partial charge is 0.459 e. The predicted molar refractivity (Wildman–Crippen MR) is 87.9 cm³/mol. The molecular formula is C18H20F2N2O3. The van der Waals surface area contributed by atoms with Crippen molar-refractivity contribution >= 4 is 16.9 Å². The average molecular weight is 350 g/mol. The Morgan fingerprint density at radius 1 is 1.28 bits per heavy atom. The Bertz CT molecular complexity index is 765. The van der Waals surface area contributed by atoms with Crippen molar-refractivity contribution in [2.45, 2.75) is 44.0 Å². The lowest BCUT2D eigenvalue weighted by Gasteiger charge is -2.39. The van der Waals surface area contributed by atoms with Gasteiger partial charge < -0.3 is 19.4 Å². The molecular weight excluding hydrogens is 330 g/mol. The summed E-state index contributed by atoms with van der Waals surface area (Å²) in [6.45, 7) is 0.805. The molecule has 0 saturated carbocycles. The fraction of sp³-hybridized carbons (Fsp3) is 0.500. The maximum atomic E-state index is 12.8. The summed E-state index contributed by atoms with van der Waals surface area (Å²) in [6.07, 6.45) is 0.230. The number of carbonyl (C=O) groups is 1. The highest BCUT2D eigenvalue weighted by Crippen LogP contribution is 2.26. The lowest BCUT2D eigenvalue weighted by Crippen LogP contribution is -2.56. The van der Waals surface area contributed by atoms with Crippen molar-refractivity contribution in [2.75, 3.05) is 13.2 Å². The Balaban J connectivity index is 1.55. The smallest absolute Gasteiger partial charge is 0.340 e. The number of benzene rings is 1. The SMILES string of the molecule is O=C(OC1CC2COCC(C1)N2)c1cn(CC(F)F)c2ccccc12. The van der Waals surface area contributed by atoms with Crippen molar-refractivity contribution in [3.05, 3.63) is 36.0 Å². The Hall–Kier alpha value is -1.99. The third kappa shape index (κ3) is 3.39. The number of aromatic nitrogens is 1. The molecule has 1 aromatic carbocycles. The summed E-state index contributed by atoms with van der Waals surface area (Å²) in [7, 11) is 0. The van der Waals surface area contributed by atoms with Crippen LogP contribution in [0.1, 0.15) is 23.2 Å². The predicted octanol–water partition coefficient (Wildman–Crippen LogP) is 2.58. The monoisotopic (exact) mass is 350 g/mol. The third-order valence-corrected chi connectivity index (χ3v) is 4.82. The van der Waals surface area contributed by atoms with Crippen molar-refractivity contribution in [3.63, 3.8) is 0 Å². The van der Waals surface area contributed by atoms with E-state index in [1.165, 1.54) is 10.8 Å². The zero-order valence-electron chi connectivity index (χ0n) is 13.7. The van der Waals surface area contributed by atoms with Gasteiger partial charge in [-0.3, -0.25) is 0 Å². The van der Waals surface area contributed by atoms with Crippen LogP contribution in [0.2, 0.25) is 0 Å². The van der Waals surface area contributed by atoms with E-state index in [0.29, 0.717) is 42.5 Å². The molecule has 0 aliphatic carbocycles. The molecule has 2 aliphatic rings. The second-order valence-electron chi connectivity index (χ2n) is 6.70. The number of nitrogens with zero attached hydrogens (tertiary/aromatic N) is 1. The summed E-state index contributed by atoms with van der Waals surface area (Å²) >= 11 is 0. The molecule has 2 saturated heterocycles. The summed E-state index contributed by atoms with van der Waals surface area (Å²) < 4.78 is 38.2. The number of hydrogen-bond donors (Lipinski definition) is 1. The molecule has 2 bridgehead atoms. The fourth-order valence-corrected chi connectivity index (χ4v) is 3.81. The van der Waals surface area contributed by atoms with Crippen LogP contribution in [-0.4, -0.2) is 48.4 Å². The number of ether oxygens (including phenoxy) is 2. The van der Waals surface area contributed by atoms with Crippen LogP contribution in [0.4, 0.5) is 8.78 Å². The number of piperidine rings is 1. The van der Waals surface area contributed by atoms with Crippen molar-refractivity contribution in [1.29, 1.82) is 0 Å². The summed E-state index contributed by atoms with van der Waals surface area (Å²) in [5, 5.41) is 4.09. The minimum atomic E-state index is -2.48. The molecule has 2 unspecified atom stereocenters. The van der Waals surface area contributed by atoms with E-state index in [9.17, 15) is 13.6 Å². The van der Waals surface area contributed by atoms with E-state index >= 15 is 0 Å². The zero-order valence-corrected chi connectivity index (χ0v) is 13.7. The topological polar surface area (TPSA) is 52.5 Å². The normalized spacial score (nSPS) is 26.1. The summed E-state index contributed by atoms with van der Waals surface area (Å²) in [5.41, 5.74) is 0.960. The van der Waals surface area contributed by atoms with E-state index in [2.05, 4.69) is 5.32 Å². The van der Waals surface area contributed by atoms with Crippen molar-refractivity contribution in [2.24, 2.45) is 0 Å². The Morgan fingerprint density at radius 2 is 2.00 bits per heavy atom. The van der Waals surface area contributed by atoms with Crippen molar-refractivity contribution in [1.82, 2.24) is 9.88 Å². The number of nitrogens with one attached hydrogen (secondary N) is 1. The molecule has 2 aliphatic heterocycles. The zero-order chi connectivity index (χ0) is 17.4. The quantitative estimate of drug-likeness (QED) is 0.861. The Labute approximate surface area is 143 Å². The first-order valence-electron chi connectivity index (χ1n) is 8.51. The van der Waals surface area contributed by atoms with Gasteiger partial charge in [-0.2, -0.15) is 0 Å². The molecule has 2 atom stereocenters. The summed E-state index contributed by atoms with van der Waals surface area (Å²) in [6, 6.07) is 7.46. The molecule has 3 heterocycles. The second kappa shape index (κ2) is 6.72. The van der Waals surface area contributed by atoms with Crippen molar-refractivity contribution in [3.8, 4) is 0 Å². The number of fused-ring (bicyclic) bond motifs is 3. The van der Waals surface area contributed by atoms with Gasteiger partial charge in [0, 0.05) is 42.0 Å². The molecule has 7 heteroatoms. The number of alkyl halides is 2. The van der Waals surface area contributed by atoms with Crippen LogP contribution < -0.4 is 5.32 Å². The van der Waals surface area contributed by atoms with Crippen LogP contribution in [0.15, 0.2) is 30.5 Å². The van der Waals surface area contributed by atoms with E-state index in [-0.39, 0.29) is 18.2 Å². The van der Waals surface area contributed by atoms with E-state index in [4.69, 9.17) is 9.47 Å². The van der Waals surface area contributed by atoms with Crippen LogP contribution in [0.5, 0.6) is 0 Å². The maximum absolute atomic E-state index is 12.8. The number of rotatable bonds is 4. The van der Waals surface area contributed by atoms with Gasteiger partial charge >= 0.3 is 5.97 Å². The first-order valence-corrected chi connectivity index (χ1v) is 8.51. The molecule has 0 spiro atoms. The standard InChI is InChI=1S/C18H20F2N2O3/c19-17(20)8-22-7-15(14-3-1-2-4-16(14)22)18(23)25-13-5-11-9-24-10-12(6-13)21-11/h1-4,7,11-13,17,21H,5-6,8-10H2. The van der Waals surface area contributed by atoms with Crippen LogP contribution in [0, 0.1) is 0 Å². The fourth-order valence-electron chi connectivity index (χ4n) is 3.81. The highest BCUT2D eigenvalue weighted by atomic mass is 19.3. The lowest BCUT2D eigenvalue weighted by molar-refractivity contribution is -0.0339. The number of hydrogen-bond acceptors (Lipinski definition) is 4. The van der Waals surface area contributed by atoms with Crippen LogP contribution in [0.25, 0.3) is 10.9 Å². The minimum Gasteiger partial charge on any atom is -0.459 e. The molecule has 25 heavy (non-hydrogen) atoms. The number of halogens is 2. The number of morpholine rings is 1. The molecule has 4 rings (SSSR count). The van der Waals surface area contributed by atoms with Gasteiger partial charge in [-0.05, 0) is 6.07 Å². The van der Waals surface area contributed by atoms with Gasteiger partial charge in [-0.25, -0.2) is 13.6 Å². The molecule has 1 aromatic heterocycles. The van der Waals surface area contributed by atoms with E-state index in [1.807, 2.05) is 0 Å². The van der Waals surface area contributed by atoms with Gasteiger partial charge in [-0.1, -0.05) is 18.2 Å². The highest BCUT2D eigenvalue weighted by molar-refractivity contribution is 6.04. The average Bonchev–Trinajstić information content (AvgIpc) is 2.93. The number of para-hydroxylation sites is 1. The van der Waals surface area contributed by atoms with Gasteiger partial charge in [-0.15, -0.1) is 0 Å². The van der Waals surface area contributed by atoms with E-state index in [0.717, 1.165) is 0 Å². The summed E-state index contributed by atoms with van der Waals surface area (Å²) in [4.78, 5) is 12.7. The Kier molecular flexibility index (Phi) is 4.43. The maximum Gasteiger partial charge on any atom is 0.340 e. The molecule has 2 fully saturated rings. The summed E-state index contributed by atoms with van der Waals surface area (Å²) in [5.74, 6) is -0.449. The van der Waals surface area contributed by atoms with Crippen molar-refractivity contribution < 1.29 is 23.0 Å². The van der Waals surface area contributed by atoms with Gasteiger partial charge in [0.2, 0.25) is 0 Å². The first kappa shape index (κ1) is 16.5. The van der Waals surface area contributed by atoms with E-state index in [1.54, 1.807) is 24.3 Å². The number of carbonyl (C=O) groups excluding carboxylic acids is 1. The molecule has 5 nitrogen and oxygen atoms in total. The first-order chi connectivity index (χ1) is 12.1. The minimum absolute atomic E-state index is 0.176. The molecule has 0 amide bonds. The van der Waals surface area contributed by atoms with Crippen LogP contribution in [0.3, 0.4) is 0 Å². The van der Waals surface area contributed by atoms with Gasteiger partial charge in [0.1, 0.15) is 6.10 Å².